The molecular weight excluding hydrogens is 342 g/mol. The summed E-state index contributed by atoms with van der Waals surface area (Å²) in [6, 6.07) is 7.26. The molecule has 6 nitrogen and oxygen atoms in total. The van der Waals surface area contributed by atoms with Crippen LogP contribution in [-0.4, -0.2) is 55.9 Å². The third-order valence-corrected chi connectivity index (χ3v) is 5.98. The van der Waals surface area contributed by atoms with E-state index in [-0.39, 0.29) is 17.5 Å². The van der Waals surface area contributed by atoms with Crippen LogP contribution in [0, 0.1) is 6.92 Å². The Bertz CT molecular complexity index is 767. The van der Waals surface area contributed by atoms with Gasteiger partial charge in [0, 0.05) is 19.2 Å². The maximum Gasteiger partial charge on any atom is 0.331 e. The number of ether oxygens (including phenoxy) is 1. The monoisotopic (exact) mass is 365 g/mol. The van der Waals surface area contributed by atoms with E-state index in [9.17, 15) is 18.0 Å². The van der Waals surface area contributed by atoms with E-state index < -0.39 is 27.8 Å². The molecule has 25 heavy (non-hydrogen) atoms. The number of hydrogen-bond donors (Lipinski definition) is 0. The zero-order valence-electron chi connectivity index (χ0n) is 14.6. The molecule has 0 spiro atoms. The Balaban J connectivity index is 1.89. The third-order valence-electron chi connectivity index (χ3n) is 4.23. The molecule has 1 aliphatic heterocycles. The Hall–Kier alpha value is -2.15. The molecule has 0 aliphatic carbocycles. The SMILES string of the molecule is Cc1ccc(/C=C/C(=O)O[C@@H](C)C(=O)N(C)[C@H]2CCS(=O)(=O)C2)cc1. The van der Waals surface area contributed by atoms with Gasteiger partial charge in [0.05, 0.1) is 11.5 Å². The molecule has 1 fully saturated rings. The van der Waals surface area contributed by atoms with E-state index >= 15 is 0 Å². The number of carbonyl (C=O) groups is 2. The highest BCUT2D eigenvalue weighted by Crippen LogP contribution is 2.17. The summed E-state index contributed by atoms with van der Waals surface area (Å²) in [6.07, 6.45) is 2.34. The summed E-state index contributed by atoms with van der Waals surface area (Å²) in [5.74, 6) is -0.973. The first-order chi connectivity index (χ1) is 11.7. The minimum atomic E-state index is -3.08. The minimum Gasteiger partial charge on any atom is -0.449 e. The smallest absolute Gasteiger partial charge is 0.331 e. The number of likely N-dealkylation sites (N-methyl/N-ethyl adjacent to an activating group) is 1. The van der Waals surface area contributed by atoms with Crippen LogP contribution in [-0.2, 0) is 24.2 Å². The highest BCUT2D eigenvalue weighted by atomic mass is 32.2. The minimum absolute atomic E-state index is 0.0385. The van der Waals surface area contributed by atoms with Crippen LogP contribution in [0.15, 0.2) is 30.3 Å². The molecule has 136 valence electrons. The van der Waals surface area contributed by atoms with Crippen molar-refractivity contribution in [1.82, 2.24) is 4.90 Å². The Morgan fingerprint density at radius 1 is 1.28 bits per heavy atom. The lowest BCUT2D eigenvalue weighted by Crippen LogP contribution is -2.44. The van der Waals surface area contributed by atoms with Crippen LogP contribution < -0.4 is 0 Å². The molecule has 1 aliphatic rings. The molecule has 0 saturated carbocycles. The number of nitrogens with zero attached hydrogens (tertiary/aromatic N) is 1. The first kappa shape index (κ1) is 19.2. The largest absolute Gasteiger partial charge is 0.449 e. The van der Waals surface area contributed by atoms with Crippen LogP contribution in [0.3, 0.4) is 0 Å². The van der Waals surface area contributed by atoms with Gasteiger partial charge in [-0.15, -0.1) is 0 Å². The Morgan fingerprint density at radius 3 is 2.48 bits per heavy atom. The topological polar surface area (TPSA) is 80.8 Å². The summed E-state index contributed by atoms with van der Waals surface area (Å²) in [4.78, 5) is 25.6. The third kappa shape index (κ3) is 5.42. The van der Waals surface area contributed by atoms with Crippen molar-refractivity contribution in [2.45, 2.75) is 32.4 Å². The number of aryl methyl sites for hydroxylation is 1. The standard InChI is InChI=1S/C18H23NO5S/c1-13-4-6-15(7-5-13)8-9-17(20)24-14(2)18(21)19(3)16-10-11-25(22,23)12-16/h4-9,14,16H,10-12H2,1-3H3/b9-8+/t14-,16-/m0/s1. The molecule has 1 aromatic rings. The normalized spacial score (nSPS) is 20.4. The number of sulfone groups is 1. The van der Waals surface area contributed by atoms with E-state index in [4.69, 9.17) is 4.74 Å². The lowest BCUT2D eigenvalue weighted by Gasteiger charge is -2.26. The Kier molecular flexibility index (Phi) is 6.00. The van der Waals surface area contributed by atoms with Gasteiger partial charge in [0.15, 0.2) is 15.9 Å². The maximum atomic E-state index is 12.3. The Labute approximate surface area is 148 Å². The zero-order chi connectivity index (χ0) is 18.6. The quantitative estimate of drug-likeness (QED) is 0.585. The second-order valence-electron chi connectivity index (χ2n) is 6.33. The molecule has 0 bridgehead atoms. The Morgan fingerprint density at radius 2 is 1.92 bits per heavy atom. The van der Waals surface area contributed by atoms with E-state index in [0.717, 1.165) is 11.1 Å². The number of benzene rings is 1. The second kappa shape index (κ2) is 7.82. The highest BCUT2D eigenvalue weighted by Gasteiger charge is 2.34. The first-order valence-electron chi connectivity index (χ1n) is 8.10. The number of carbonyl (C=O) groups excluding carboxylic acids is 2. The van der Waals surface area contributed by atoms with Crippen molar-refractivity contribution >= 4 is 27.8 Å². The molecule has 0 unspecified atom stereocenters. The van der Waals surface area contributed by atoms with Crippen molar-refractivity contribution in [2.75, 3.05) is 18.6 Å². The maximum absolute atomic E-state index is 12.3. The van der Waals surface area contributed by atoms with Gasteiger partial charge in [-0.05, 0) is 31.9 Å². The van der Waals surface area contributed by atoms with Crippen molar-refractivity contribution in [3.05, 3.63) is 41.5 Å². The first-order valence-corrected chi connectivity index (χ1v) is 9.92. The predicted molar refractivity (Wildman–Crippen MR) is 95.6 cm³/mol. The molecule has 0 aromatic heterocycles. The summed E-state index contributed by atoms with van der Waals surface area (Å²) in [7, 11) is -1.54. The van der Waals surface area contributed by atoms with E-state index in [0.29, 0.717) is 6.42 Å². The lowest BCUT2D eigenvalue weighted by molar-refractivity contribution is -0.155. The van der Waals surface area contributed by atoms with E-state index in [2.05, 4.69) is 0 Å². The van der Waals surface area contributed by atoms with Gasteiger partial charge in [-0.1, -0.05) is 29.8 Å². The fourth-order valence-corrected chi connectivity index (χ4v) is 4.43. The van der Waals surface area contributed by atoms with Crippen LogP contribution in [0.1, 0.15) is 24.5 Å². The van der Waals surface area contributed by atoms with Gasteiger partial charge in [0.1, 0.15) is 0 Å². The van der Waals surface area contributed by atoms with Crippen molar-refractivity contribution in [2.24, 2.45) is 0 Å². The average molecular weight is 365 g/mol. The molecule has 2 rings (SSSR count). The van der Waals surface area contributed by atoms with Gasteiger partial charge in [-0.2, -0.15) is 0 Å². The van der Waals surface area contributed by atoms with Crippen molar-refractivity contribution in [3.8, 4) is 0 Å². The molecule has 1 aromatic carbocycles. The van der Waals surface area contributed by atoms with E-state index in [1.807, 2.05) is 31.2 Å². The molecular formula is C18H23NO5S. The lowest BCUT2D eigenvalue weighted by atomic mass is 10.1. The van der Waals surface area contributed by atoms with Crippen LogP contribution in [0.5, 0.6) is 0 Å². The summed E-state index contributed by atoms with van der Waals surface area (Å²) in [5.41, 5.74) is 1.98. The van der Waals surface area contributed by atoms with Gasteiger partial charge in [0.25, 0.3) is 5.91 Å². The van der Waals surface area contributed by atoms with Gasteiger partial charge in [-0.25, -0.2) is 13.2 Å². The predicted octanol–water partition coefficient (Wildman–Crippen LogP) is 1.59. The molecule has 1 saturated heterocycles. The fraction of sp³-hybridized carbons (Fsp3) is 0.444. The van der Waals surface area contributed by atoms with Gasteiger partial charge in [0.2, 0.25) is 0 Å². The molecule has 1 heterocycles. The molecule has 1 amide bonds. The molecule has 7 heteroatoms. The van der Waals surface area contributed by atoms with Gasteiger partial charge in [-0.3, -0.25) is 4.79 Å². The summed E-state index contributed by atoms with van der Waals surface area (Å²) in [5, 5.41) is 0. The van der Waals surface area contributed by atoms with Gasteiger partial charge >= 0.3 is 5.97 Å². The van der Waals surface area contributed by atoms with Crippen LogP contribution in [0.2, 0.25) is 0 Å². The van der Waals surface area contributed by atoms with E-state index in [1.54, 1.807) is 13.1 Å². The van der Waals surface area contributed by atoms with Gasteiger partial charge < -0.3 is 9.64 Å². The zero-order valence-corrected chi connectivity index (χ0v) is 15.5. The highest BCUT2D eigenvalue weighted by molar-refractivity contribution is 7.91. The molecule has 0 radical (unpaired) electrons. The summed E-state index contributed by atoms with van der Waals surface area (Å²) in [6.45, 7) is 3.46. The van der Waals surface area contributed by atoms with Crippen molar-refractivity contribution < 1.29 is 22.7 Å². The fourth-order valence-electron chi connectivity index (χ4n) is 2.65. The molecule has 2 atom stereocenters. The number of rotatable bonds is 5. The number of amides is 1. The number of hydrogen-bond acceptors (Lipinski definition) is 5. The summed E-state index contributed by atoms with van der Waals surface area (Å²) < 4.78 is 28.2. The average Bonchev–Trinajstić information content (AvgIpc) is 2.93. The molecule has 0 N–H and O–H groups in total. The van der Waals surface area contributed by atoms with E-state index in [1.165, 1.54) is 17.9 Å². The van der Waals surface area contributed by atoms with Crippen LogP contribution in [0.4, 0.5) is 0 Å². The van der Waals surface area contributed by atoms with Crippen molar-refractivity contribution in [1.29, 1.82) is 0 Å². The second-order valence-corrected chi connectivity index (χ2v) is 8.56. The summed E-state index contributed by atoms with van der Waals surface area (Å²) >= 11 is 0. The van der Waals surface area contributed by atoms with Crippen LogP contribution >= 0.6 is 0 Å². The van der Waals surface area contributed by atoms with Crippen molar-refractivity contribution in [3.63, 3.8) is 0 Å². The van der Waals surface area contributed by atoms with Crippen LogP contribution in [0.25, 0.3) is 6.08 Å². The number of esters is 1.